The lowest BCUT2D eigenvalue weighted by atomic mass is 10.2. The quantitative estimate of drug-likeness (QED) is 0.544. The van der Waals surface area contributed by atoms with Crippen LogP contribution >= 0.6 is 11.3 Å². The van der Waals surface area contributed by atoms with Crippen molar-refractivity contribution < 1.29 is 22.7 Å². The van der Waals surface area contributed by atoms with Gasteiger partial charge in [-0.3, -0.25) is 20.4 Å². The zero-order chi connectivity index (χ0) is 22.6. The molecular weight excluding hydrogens is 440 g/mol. The molecule has 0 aliphatic rings. The molecule has 0 bridgehead atoms. The van der Waals surface area contributed by atoms with Crippen LogP contribution in [0.15, 0.2) is 58.8 Å². The lowest BCUT2D eigenvalue weighted by Crippen LogP contribution is -2.41. The molecular formula is C20H20N4O5S2. The highest BCUT2D eigenvalue weighted by molar-refractivity contribution is 7.89. The maximum Gasteiger partial charge on any atom is 0.289 e. The Morgan fingerprint density at radius 3 is 2.45 bits per heavy atom. The third kappa shape index (κ3) is 4.90. The molecule has 2 N–H and O–H groups in total. The Hall–Kier alpha value is -3.28. The summed E-state index contributed by atoms with van der Waals surface area (Å²) in [4.78, 5) is 29.0. The molecule has 0 fully saturated rings. The Morgan fingerprint density at radius 1 is 1.03 bits per heavy atom. The lowest BCUT2D eigenvalue weighted by Gasteiger charge is -2.12. The number of rotatable bonds is 6. The second kappa shape index (κ2) is 9.25. The zero-order valence-electron chi connectivity index (χ0n) is 16.9. The summed E-state index contributed by atoms with van der Waals surface area (Å²) in [6.07, 6.45) is 0. The van der Waals surface area contributed by atoms with Crippen molar-refractivity contribution in [3.8, 4) is 16.3 Å². The molecule has 0 atom stereocenters. The highest BCUT2D eigenvalue weighted by Crippen LogP contribution is 2.31. The number of sulfonamides is 1. The van der Waals surface area contributed by atoms with Crippen LogP contribution in [0.4, 0.5) is 0 Å². The molecule has 1 heterocycles. The van der Waals surface area contributed by atoms with Crippen LogP contribution < -0.4 is 15.6 Å². The van der Waals surface area contributed by atoms with Gasteiger partial charge >= 0.3 is 0 Å². The minimum absolute atomic E-state index is 0.0302. The number of para-hydroxylation sites is 1. The van der Waals surface area contributed by atoms with Crippen molar-refractivity contribution in [2.45, 2.75) is 4.90 Å². The molecule has 0 aliphatic carbocycles. The van der Waals surface area contributed by atoms with Gasteiger partial charge in [-0.25, -0.2) is 17.7 Å². The number of aromatic nitrogens is 1. The van der Waals surface area contributed by atoms with Crippen LogP contribution in [-0.4, -0.2) is 50.7 Å². The van der Waals surface area contributed by atoms with Gasteiger partial charge in [0.05, 0.1) is 17.6 Å². The Morgan fingerprint density at radius 2 is 1.74 bits per heavy atom. The predicted molar refractivity (Wildman–Crippen MR) is 116 cm³/mol. The summed E-state index contributed by atoms with van der Waals surface area (Å²) >= 11 is 1.26. The van der Waals surface area contributed by atoms with Gasteiger partial charge in [0.15, 0.2) is 0 Å². The second-order valence-corrected chi connectivity index (χ2v) is 9.47. The number of hydrogen-bond acceptors (Lipinski definition) is 7. The van der Waals surface area contributed by atoms with E-state index in [2.05, 4.69) is 15.8 Å². The van der Waals surface area contributed by atoms with Crippen LogP contribution in [0.5, 0.6) is 5.75 Å². The molecule has 0 radical (unpaired) electrons. The molecule has 9 nitrogen and oxygen atoms in total. The molecule has 2 aromatic carbocycles. The Labute approximate surface area is 183 Å². The number of hydrazine groups is 1. The molecule has 162 valence electrons. The van der Waals surface area contributed by atoms with Gasteiger partial charge in [-0.05, 0) is 30.3 Å². The van der Waals surface area contributed by atoms with E-state index in [1.165, 1.54) is 49.7 Å². The summed E-state index contributed by atoms with van der Waals surface area (Å²) in [7, 11) is 0.657. The minimum Gasteiger partial charge on any atom is -0.496 e. The molecule has 31 heavy (non-hydrogen) atoms. The molecule has 0 spiro atoms. The van der Waals surface area contributed by atoms with Gasteiger partial charge < -0.3 is 4.74 Å². The van der Waals surface area contributed by atoms with Crippen LogP contribution in [-0.2, 0) is 10.0 Å². The molecule has 11 heteroatoms. The number of methoxy groups -OCH3 is 1. The van der Waals surface area contributed by atoms with E-state index in [0.717, 1.165) is 9.87 Å². The number of benzene rings is 2. The number of hydrogen-bond donors (Lipinski definition) is 2. The summed E-state index contributed by atoms with van der Waals surface area (Å²) in [6.45, 7) is 0. The first-order valence-electron chi connectivity index (χ1n) is 8.96. The van der Waals surface area contributed by atoms with E-state index in [0.29, 0.717) is 10.8 Å². The van der Waals surface area contributed by atoms with Gasteiger partial charge in [-0.15, -0.1) is 11.3 Å². The topological polar surface area (TPSA) is 118 Å². The van der Waals surface area contributed by atoms with E-state index in [1.54, 1.807) is 18.6 Å². The fourth-order valence-corrected chi connectivity index (χ4v) is 4.36. The average molecular weight is 461 g/mol. The van der Waals surface area contributed by atoms with Crippen molar-refractivity contribution in [3.63, 3.8) is 0 Å². The van der Waals surface area contributed by atoms with Crippen LogP contribution in [0.2, 0.25) is 0 Å². The van der Waals surface area contributed by atoms with E-state index in [-0.39, 0.29) is 16.2 Å². The highest BCUT2D eigenvalue weighted by atomic mass is 32.2. The number of amides is 2. The SMILES string of the molecule is COc1ccccc1-c1nc(C(=O)NNC(=O)c2cccc(S(=O)(=O)N(C)C)c2)cs1. The standard InChI is InChI=1S/C20H20N4O5S2/c1-24(2)31(27,28)14-8-6-7-13(11-14)18(25)22-23-19(26)16-12-30-20(21-16)15-9-4-5-10-17(15)29-3/h4-12H,1-3H3,(H,22,25)(H,23,26). The molecule has 3 rings (SSSR count). The summed E-state index contributed by atoms with van der Waals surface area (Å²) in [5.74, 6) is -0.642. The van der Waals surface area contributed by atoms with Crippen molar-refractivity contribution in [3.05, 3.63) is 65.2 Å². The molecule has 0 saturated heterocycles. The van der Waals surface area contributed by atoms with Crippen molar-refractivity contribution >= 4 is 33.2 Å². The maximum absolute atomic E-state index is 12.4. The number of nitrogens with zero attached hydrogens (tertiary/aromatic N) is 2. The second-order valence-electron chi connectivity index (χ2n) is 6.46. The predicted octanol–water partition coefficient (Wildman–Crippen LogP) is 2.14. The molecule has 0 unspecified atom stereocenters. The number of carbonyl (C=O) groups is 2. The average Bonchev–Trinajstić information content (AvgIpc) is 3.27. The van der Waals surface area contributed by atoms with Gasteiger partial charge in [-0.1, -0.05) is 18.2 Å². The van der Waals surface area contributed by atoms with Crippen LogP contribution in [0.3, 0.4) is 0 Å². The number of nitrogens with one attached hydrogen (secondary N) is 2. The third-order valence-electron chi connectivity index (χ3n) is 4.24. The maximum atomic E-state index is 12.4. The molecule has 2 amide bonds. The van der Waals surface area contributed by atoms with Crippen molar-refractivity contribution in [2.75, 3.05) is 21.2 Å². The first-order valence-corrected chi connectivity index (χ1v) is 11.3. The fraction of sp³-hybridized carbons (Fsp3) is 0.150. The first kappa shape index (κ1) is 22.4. The summed E-state index contributed by atoms with van der Waals surface area (Å²) in [5, 5.41) is 2.16. The molecule has 0 aliphatic heterocycles. The minimum atomic E-state index is -3.69. The molecule has 0 saturated carbocycles. The summed E-state index contributed by atoms with van der Waals surface area (Å²) in [5.41, 5.74) is 5.50. The van der Waals surface area contributed by atoms with E-state index in [9.17, 15) is 18.0 Å². The van der Waals surface area contributed by atoms with Gasteiger partial charge in [0.1, 0.15) is 16.5 Å². The Balaban J connectivity index is 1.69. The number of ether oxygens (including phenoxy) is 1. The number of thiazole rings is 1. The Bertz CT molecular complexity index is 1220. The van der Waals surface area contributed by atoms with Gasteiger partial charge in [0, 0.05) is 25.0 Å². The first-order chi connectivity index (χ1) is 14.7. The van der Waals surface area contributed by atoms with Crippen LogP contribution in [0.25, 0.3) is 10.6 Å². The lowest BCUT2D eigenvalue weighted by molar-refractivity contribution is 0.0844. The van der Waals surface area contributed by atoms with E-state index >= 15 is 0 Å². The zero-order valence-corrected chi connectivity index (χ0v) is 18.6. The summed E-state index contributed by atoms with van der Waals surface area (Å²) in [6, 6.07) is 12.8. The van der Waals surface area contributed by atoms with Crippen molar-refractivity contribution in [2.24, 2.45) is 0 Å². The normalized spacial score (nSPS) is 11.2. The van der Waals surface area contributed by atoms with Crippen LogP contribution in [0, 0.1) is 0 Å². The van der Waals surface area contributed by atoms with E-state index in [1.807, 2.05) is 18.2 Å². The third-order valence-corrected chi connectivity index (χ3v) is 6.93. The largest absolute Gasteiger partial charge is 0.496 e. The van der Waals surface area contributed by atoms with Crippen molar-refractivity contribution in [1.29, 1.82) is 0 Å². The molecule has 1 aromatic heterocycles. The van der Waals surface area contributed by atoms with Crippen LogP contribution in [0.1, 0.15) is 20.8 Å². The highest BCUT2D eigenvalue weighted by Gasteiger charge is 2.19. The smallest absolute Gasteiger partial charge is 0.289 e. The van der Waals surface area contributed by atoms with Crippen molar-refractivity contribution in [1.82, 2.24) is 20.1 Å². The summed E-state index contributed by atoms with van der Waals surface area (Å²) < 4.78 is 30.8. The van der Waals surface area contributed by atoms with Gasteiger partial charge in [0.2, 0.25) is 10.0 Å². The van der Waals surface area contributed by atoms with Gasteiger partial charge in [0.25, 0.3) is 11.8 Å². The van der Waals surface area contributed by atoms with E-state index < -0.39 is 21.8 Å². The Kier molecular flexibility index (Phi) is 6.68. The fourth-order valence-electron chi connectivity index (χ4n) is 2.58. The van der Waals surface area contributed by atoms with Gasteiger partial charge in [-0.2, -0.15) is 0 Å². The monoisotopic (exact) mass is 460 g/mol. The molecule has 3 aromatic rings. The van der Waals surface area contributed by atoms with E-state index in [4.69, 9.17) is 4.74 Å². The number of carbonyl (C=O) groups excluding carboxylic acids is 2.